The number of carbonyl (C=O) groups is 1. The molecule has 0 fully saturated rings. The molecule has 0 aliphatic rings. The van der Waals surface area contributed by atoms with Crippen molar-refractivity contribution < 1.29 is 18.9 Å². The molecule has 0 aliphatic heterocycles. The smallest absolute Gasteiger partial charge is 0.349 e. The Bertz CT molecular complexity index is 1070. The molecular formula is C18H14N2O6. The molecule has 1 atom stereocenters. The lowest BCUT2D eigenvalue weighted by Crippen LogP contribution is -2.20. The second kappa shape index (κ2) is 6.67. The predicted octanol–water partition coefficient (Wildman–Crippen LogP) is 2.94. The first-order chi connectivity index (χ1) is 12.4. The SMILES string of the molecule is CC(Oc1ccc2cc(C(N)=O)c(=O)oc2c1)c1ccccc1[N+](=O)[O-]. The molecule has 0 radical (unpaired) electrons. The maximum Gasteiger partial charge on any atom is 0.349 e. The Kier molecular flexibility index (Phi) is 4.40. The van der Waals surface area contributed by atoms with Gasteiger partial charge in [0.2, 0.25) is 0 Å². The fraction of sp³-hybridized carbons (Fsp3) is 0.111. The van der Waals surface area contributed by atoms with Gasteiger partial charge in [0.25, 0.3) is 11.6 Å². The van der Waals surface area contributed by atoms with Crippen molar-refractivity contribution in [1.82, 2.24) is 0 Å². The van der Waals surface area contributed by atoms with Gasteiger partial charge in [0.15, 0.2) is 0 Å². The molecule has 3 aromatic rings. The highest BCUT2D eigenvalue weighted by molar-refractivity contribution is 5.95. The zero-order valence-electron chi connectivity index (χ0n) is 13.7. The second-order valence-electron chi connectivity index (χ2n) is 5.59. The second-order valence-corrected chi connectivity index (χ2v) is 5.59. The van der Waals surface area contributed by atoms with Crippen LogP contribution in [0.4, 0.5) is 5.69 Å². The van der Waals surface area contributed by atoms with Gasteiger partial charge in [0.05, 0.1) is 10.5 Å². The summed E-state index contributed by atoms with van der Waals surface area (Å²) in [6.45, 7) is 1.68. The van der Waals surface area contributed by atoms with Gasteiger partial charge in [-0.25, -0.2) is 4.79 Å². The summed E-state index contributed by atoms with van der Waals surface area (Å²) >= 11 is 0. The van der Waals surface area contributed by atoms with Gasteiger partial charge < -0.3 is 14.9 Å². The molecule has 1 amide bonds. The molecule has 1 heterocycles. The van der Waals surface area contributed by atoms with E-state index in [9.17, 15) is 19.7 Å². The number of hydrogen-bond acceptors (Lipinski definition) is 6. The number of nitrogens with zero attached hydrogens (tertiary/aromatic N) is 1. The van der Waals surface area contributed by atoms with Crippen molar-refractivity contribution in [3.63, 3.8) is 0 Å². The summed E-state index contributed by atoms with van der Waals surface area (Å²) in [6.07, 6.45) is -0.606. The minimum Gasteiger partial charge on any atom is -0.486 e. The maximum absolute atomic E-state index is 11.8. The lowest BCUT2D eigenvalue weighted by atomic mass is 10.1. The van der Waals surface area contributed by atoms with E-state index in [1.807, 2.05) is 0 Å². The van der Waals surface area contributed by atoms with Crippen LogP contribution < -0.4 is 16.1 Å². The molecule has 0 saturated carbocycles. The fourth-order valence-electron chi connectivity index (χ4n) is 2.60. The predicted molar refractivity (Wildman–Crippen MR) is 93.1 cm³/mol. The Balaban J connectivity index is 1.94. The van der Waals surface area contributed by atoms with Gasteiger partial charge in [0.1, 0.15) is 23.0 Å². The lowest BCUT2D eigenvalue weighted by Gasteiger charge is -2.15. The summed E-state index contributed by atoms with van der Waals surface area (Å²) in [5, 5.41) is 11.6. The molecule has 0 aliphatic carbocycles. The summed E-state index contributed by atoms with van der Waals surface area (Å²) in [4.78, 5) is 33.6. The molecule has 1 unspecified atom stereocenters. The highest BCUT2D eigenvalue weighted by atomic mass is 16.6. The van der Waals surface area contributed by atoms with Crippen LogP contribution in [-0.2, 0) is 0 Å². The number of hydrogen-bond donors (Lipinski definition) is 1. The van der Waals surface area contributed by atoms with Crippen molar-refractivity contribution in [3.05, 3.63) is 80.2 Å². The van der Waals surface area contributed by atoms with Crippen LogP contribution in [-0.4, -0.2) is 10.8 Å². The van der Waals surface area contributed by atoms with Crippen molar-refractivity contribution >= 4 is 22.6 Å². The first kappa shape index (κ1) is 17.2. The van der Waals surface area contributed by atoms with Crippen molar-refractivity contribution in [2.24, 2.45) is 5.73 Å². The molecule has 1 aromatic heterocycles. The van der Waals surface area contributed by atoms with Gasteiger partial charge in [-0.1, -0.05) is 12.1 Å². The number of fused-ring (bicyclic) bond motifs is 1. The van der Waals surface area contributed by atoms with Gasteiger partial charge in [-0.05, 0) is 31.2 Å². The van der Waals surface area contributed by atoms with Gasteiger partial charge >= 0.3 is 5.63 Å². The van der Waals surface area contributed by atoms with Crippen molar-refractivity contribution in [1.29, 1.82) is 0 Å². The van der Waals surface area contributed by atoms with E-state index in [4.69, 9.17) is 14.9 Å². The van der Waals surface area contributed by atoms with Crippen molar-refractivity contribution in [3.8, 4) is 5.75 Å². The van der Waals surface area contributed by atoms with Crippen LogP contribution in [0.2, 0.25) is 0 Å². The number of benzene rings is 2. The molecular weight excluding hydrogens is 340 g/mol. The highest BCUT2D eigenvalue weighted by Gasteiger charge is 2.20. The first-order valence-electron chi connectivity index (χ1n) is 7.64. The molecule has 8 nitrogen and oxygen atoms in total. The molecule has 0 spiro atoms. The summed E-state index contributed by atoms with van der Waals surface area (Å²) in [7, 11) is 0. The van der Waals surface area contributed by atoms with Gasteiger partial charge in [-0.2, -0.15) is 0 Å². The fourth-order valence-corrected chi connectivity index (χ4v) is 2.60. The summed E-state index contributed by atoms with van der Waals surface area (Å²) in [5.41, 5.74) is 4.64. The normalized spacial score (nSPS) is 11.9. The minimum atomic E-state index is -0.869. The van der Waals surface area contributed by atoms with Crippen LogP contribution in [0, 0.1) is 10.1 Å². The number of rotatable bonds is 5. The third-order valence-electron chi connectivity index (χ3n) is 3.86. The summed E-state index contributed by atoms with van der Waals surface area (Å²) in [5.74, 6) is -0.510. The van der Waals surface area contributed by atoms with Gasteiger partial charge in [0, 0.05) is 17.5 Å². The van der Waals surface area contributed by atoms with Crippen LogP contribution in [0.3, 0.4) is 0 Å². The van der Waals surface area contributed by atoms with Crippen molar-refractivity contribution in [2.45, 2.75) is 13.0 Å². The number of ether oxygens (including phenoxy) is 1. The van der Waals surface area contributed by atoms with E-state index < -0.39 is 22.6 Å². The number of para-hydroxylation sites is 1. The zero-order chi connectivity index (χ0) is 18.8. The van der Waals surface area contributed by atoms with Crippen LogP contribution in [0.5, 0.6) is 5.75 Å². The lowest BCUT2D eigenvalue weighted by molar-refractivity contribution is -0.386. The largest absolute Gasteiger partial charge is 0.486 e. The molecule has 3 rings (SSSR count). The first-order valence-corrected chi connectivity index (χ1v) is 7.64. The van der Waals surface area contributed by atoms with Crippen LogP contribution in [0.25, 0.3) is 11.0 Å². The third kappa shape index (κ3) is 3.25. The quantitative estimate of drug-likeness (QED) is 0.426. The molecule has 26 heavy (non-hydrogen) atoms. The van der Waals surface area contributed by atoms with E-state index in [1.54, 1.807) is 37.3 Å². The molecule has 0 saturated heterocycles. The van der Waals surface area contributed by atoms with Crippen LogP contribution in [0.15, 0.2) is 57.7 Å². The van der Waals surface area contributed by atoms with E-state index in [0.29, 0.717) is 16.7 Å². The standard InChI is InChI=1S/C18H14N2O6/c1-10(13-4-2-3-5-15(13)20(23)24)25-12-7-6-11-8-14(17(19)21)18(22)26-16(11)9-12/h2-10H,1H3,(H2,19,21). The van der Waals surface area contributed by atoms with E-state index in [0.717, 1.165) is 0 Å². The average Bonchev–Trinajstić information content (AvgIpc) is 2.60. The van der Waals surface area contributed by atoms with E-state index in [-0.39, 0.29) is 16.8 Å². The summed E-state index contributed by atoms with van der Waals surface area (Å²) in [6, 6.07) is 12.3. The van der Waals surface area contributed by atoms with E-state index in [2.05, 4.69) is 0 Å². The van der Waals surface area contributed by atoms with E-state index in [1.165, 1.54) is 18.2 Å². The Morgan fingerprint density at radius 3 is 2.65 bits per heavy atom. The van der Waals surface area contributed by atoms with Crippen molar-refractivity contribution in [2.75, 3.05) is 0 Å². The molecule has 2 aromatic carbocycles. The number of nitro groups is 1. The van der Waals surface area contributed by atoms with Gasteiger partial charge in [-0.15, -0.1) is 0 Å². The number of amides is 1. The Morgan fingerprint density at radius 2 is 1.96 bits per heavy atom. The average molecular weight is 354 g/mol. The number of nitrogens with two attached hydrogens (primary N) is 1. The van der Waals surface area contributed by atoms with Gasteiger partial charge in [-0.3, -0.25) is 14.9 Å². The maximum atomic E-state index is 11.8. The van der Waals surface area contributed by atoms with Crippen LogP contribution in [0.1, 0.15) is 28.9 Å². The monoisotopic (exact) mass is 354 g/mol. The Labute approximate surface area is 146 Å². The number of nitro benzene ring substituents is 1. The highest BCUT2D eigenvalue weighted by Crippen LogP contribution is 2.30. The number of primary amides is 1. The number of carbonyl (C=O) groups excluding carboxylic acids is 1. The summed E-state index contributed by atoms with van der Waals surface area (Å²) < 4.78 is 10.9. The molecule has 2 N–H and O–H groups in total. The molecule has 0 bridgehead atoms. The topological polar surface area (TPSA) is 126 Å². The van der Waals surface area contributed by atoms with E-state index >= 15 is 0 Å². The zero-order valence-corrected chi connectivity index (χ0v) is 13.7. The minimum absolute atomic E-state index is 0.0431. The van der Waals surface area contributed by atoms with Crippen LogP contribution >= 0.6 is 0 Å². The third-order valence-corrected chi connectivity index (χ3v) is 3.86. The Morgan fingerprint density at radius 1 is 1.23 bits per heavy atom. The Hall–Kier alpha value is -3.68. The molecule has 8 heteroatoms. The molecule has 132 valence electrons.